The number of rotatable bonds is 2. The number of methoxy groups -OCH3 is 1. The molecule has 0 heterocycles. The number of aliphatic hydroxyl groups is 1. The van der Waals surface area contributed by atoms with Crippen molar-refractivity contribution in [2.24, 2.45) is 11.3 Å². The molecule has 2 aliphatic rings. The average Bonchev–Trinajstić information content (AvgIpc) is 2.48. The minimum Gasteiger partial charge on any atom is -0.496 e. The van der Waals surface area contributed by atoms with Crippen LogP contribution in [-0.4, -0.2) is 29.4 Å². The summed E-state index contributed by atoms with van der Waals surface area (Å²) in [5.74, 6) is 0.0690. The van der Waals surface area contributed by atoms with Crippen LogP contribution in [0.3, 0.4) is 0 Å². The zero-order valence-corrected chi connectivity index (χ0v) is 13.4. The second-order valence-electron chi connectivity index (χ2n) is 6.96. The van der Waals surface area contributed by atoms with E-state index in [1.807, 2.05) is 26.0 Å². The van der Waals surface area contributed by atoms with Gasteiger partial charge < -0.3 is 14.9 Å². The van der Waals surface area contributed by atoms with E-state index in [9.17, 15) is 15.0 Å². The first-order chi connectivity index (χ1) is 10.4. The van der Waals surface area contributed by atoms with Gasteiger partial charge >= 0.3 is 5.97 Å². The number of ether oxygens (including phenoxy) is 1. The van der Waals surface area contributed by atoms with E-state index < -0.39 is 17.5 Å². The molecule has 22 heavy (non-hydrogen) atoms. The third kappa shape index (κ3) is 2.04. The summed E-state index contributed by atoms with van der Waals surface area (Å²) in [5.41, 5.74) is 2.68. The summed E-state index contributed by atoms with van der Waals surface area (Å²) in [6.07, 6.45) is 2.07. The summed E-state index contributed by atoms with van der Waals surface area (Å²) in [6.45, 7) is 3.99. The van der Waals surface area contributed by atoms with Crippen molar-refractivity contribution < 1.29 is 19.7 Å². The van der Waals surface area contributed by atoms with E-state index in [1.54, 1.807) is 7.11 Å². The molecule has 4 unspecified atom stereocenters. The lowest BCUT2D eigenvalue weighted by Crippen LogP contribution is -2.48. The second-order valence-corrected chi connectivity index (χ2v) is 6.96. The Bertz CT molecular complexity index is 609. The highest BCUT2D eigenvalue weighted by Crippen LogP contribution is 2.56. The first kappa shape index (κ1) is 15.3. The minimum atomic E-state index is -0.729. The topological polar surface area (TPSA) is 66.8 Å². The summed E-state index contributed by atoms with van der Waals surface area (Å²) in [5, 5.41) is 20.2. The summed E-state index contributed by atoms with van der Waals surface area (Å²) in [4.78, 5) is 12.1. The number of aliphatic hydroxyl groups excluding tert-OH is 1. The van der Waals surface area contributed by atoms with Crippen LogP contribution in [0.4, 0.5) is 0 Å². The summed E-state index contributed by atoms with van der Waals surface area (Å²) in [6, 6.07) is 3.93. The molecular weight excluding hydrogens is 280 g/mol. The van der Waals surface area contributed by atoms with Crippen molar-refractivity contribution in [3.05, 3.63) is 28.8 Å². The molecule has 2 N–H and O–H groups in total. The molecule has 0 saturated heterocycles. The third-order valence-corrected chi connectivity index (χ3v) is 5.91. The number of hydrogen-bond acceptors (Lipinski definition) is 3. The van der Waals surface area contributed by atoms with Gasteiger partial charge in [0.25, 0.3) is 0 Å². The quantitative estimate of drug-likeness (QED) is 0.881. The van der Waals surface area contributed by atoms with Gasteiger partial charge in [0.05, 0.1) is 18.6 Å². The molecule has 0 bridgehead atoms. The van der Waals surface area contributed by atoms with E-state index in [-0.39, 0.29) is 11.8 Å². The van der Waals surface area contributed by atoms with Gasteiger partial charge in [-0.2, -0.15) is 0 Å². The van der Waals surface area contributed by atoms with Crippen molar-refractivity contribution in [3.63, 3.8) is 0 Å². The number of benzene rings is 1. The highest BCUT2D eigenvalue weighted by Gasteiger charge is 2.54. The van der Waals surface area contributed by atoms with Gasteiger partial charge in [-0.15, -0.1) is 0 Å². The standard InChI is InChI=1S/C18H24O4/c1-10-9-18(17(20)21)7-6-12-11(2)16(22-3)5-4-13(12)14(18)8-15(10)19/h4-5,10,14-15,19H,6-9H2,1-3H3,(H,20,21). The van der Waals surface area contributed by atoms with Crippen molar-refractivity contribution in [2.45, 2.75) is 51.6 Å². The van der Waals surface area contributed by atoms with Crippen molar-refractivity contribution in [3.8, 4) is 5.75 Å². The van der Waals surface area contributed by atoms with E-state index in [0.717, 1.165) is 23.3 Å². The molecule has 1 aromatic carbocycles. The van der Waals surface area contributed by atoms with E-state index >= 15 is 0 Å². The van der Waals surface area contributed by atoms with Crippen LogP contribution in [0.25, 0.3) is 0 Å². The molecule has 4 atom stereocenters. The third-order valence-electron chi connectivity index (χ3n) is 5.91. The molecule has 0 amide bonds. The van der Waals surface area contributed by atoms with E-state index in [0.29, 0.717) is 19.3 Å². The van der Waals surface area contributed by atoms with Gasteiger partial charge in [-0.05, 0) is 61.3 Å². The maximum Gasteiger partial charge on any atom is 0.310 e. The molecule has 0 aliphatic heterocycles. The Morgan fingerprint density at radius 1 is 1.41 bits per heavy atom. The van der Waals surface area contributed by atoms with Gasteiger partial charge in [0.1, 0.15) is 5.75 Å². The molecule has 4 nitrogen and oxygen atoms in total. The predicted octanol–water partition coefficient (Wildman–Crippen LogP) is 2.90. The number of carboxylic acids is 1. The van der Waals surface area contributed by atoms with Crippen LogP contribution in [0.15, 0.2) is 12.1 Å². The van der Waals surface area contributed by atoms with Crippen LogP contribution < -0.4 is 4.74 Å². The molecule has 0 radical (unpaired) electrons. The van der Waals surface area contributed by atoms with Gasteiger partial charge in [0, 0.05) is 5.92 Å². The van der Waals surface area contributed by atoms with E-state index in [1.165, 1.54) is 5.56 Å². The maximum atomic E-state index is 12.1. The van der Waals surface area contributed by atoms with Crippen molar-refractivity contribution in [2.75, 3.05) is 7.11 Å². The summed E-state index contributed by atoms with van der Waals surface area (Å²) < 4.78 is 5.39. The van der Waals surface area contributed by atoms with Crippen LogP contribution in [0.1, 0.15) is 48.8 Å². The molecular formula is C18H24O4. The molecule has 1 aromatic rings. The van der Waals surface area contributed by atoms with Crippen LogP contribution in [-0.2, 0) is 11.2 Å². The van der Waals surface area contributed by atoms with Gasteiger partial charge in [0.2, 0.25) is 0 Å². The van der Waals surface area contributed by atoms with Gasteiger partial charge in [-0.25, -0.2) is 0 Å². The number of carboxylic acid groups (broad SMARTS) is 1. The molecule has 4 heteroatoms. The normalized spacial score (nSPS) is 33.7. The summed E-state index contributed by atoms with van der Waals surface area (Å²) >= 11 is 0. The largest absolute Gasteiger partial charge is 0.496 e. The Labute approximate surface area is 131 Å². The molecule has 1 fully saturated rings. The number of aliphatic carboxylic acids is 1. The number of fused-ring (bicyclic) bond motifs is 3. The molecule has 2 aliphatic carbocycles. The average molecular weight is 304 g/mol. The Morgan fingerprint density at radius 2 is 2.14 bits per heavy atom. The first-order valence-electron chi connectivity index (χ1n) is 7.98. The minimum absolute atomic E-state index is 0.0354. The number of hydrogen-bond donors (Lipinski definition) is 2. The fourth-order valence-corrected chi connectivity index (χ4v) is 4.58. The van der Waals surface area contributed by atoms with E-state index in [2.05, 4.69) is 0 Å². The van der Waals surface area contributed by atoms with Gasteiger partial charge in [-0.3, -0.25) is 4.79 Å². The molecule has 3 rings (SSSR count). The second kappa shape index (κ2) is 5.27. The predicted molar refractivity (Wildman–Crippen MR) is 83.3 cm³/mol. The number of carbonyl (C=O) groups is 1. The molecule has 0 spiro atoms. The lowest BCUT2D eigenvalue weighted by atomic mass is 9.55. The fourth-order valence-electron chi connectivity index (χ4n) is 4.58. The summed E-state index contributed by atoms with van der Waals surface area (Å²) in [7, 11) is 1.66. The SMILES string of the molecule is COc1ccc2c(c1C)CCC1(C(=O)O)CC(C)C(O)CC21. The highest BCUT2D eigenvalue weighted by atomic mass is 16.5. The van der Waals surface area contributed by atoms with Crippen molar-refractivity contribution in [1.29, 1.82) is 0 Å². The van der Waals surface area contributed by atoms with Crippen LogP contribution in [0, 0.1) is 18.3 Å². The van der Waals surface area contributed by atoms with E-state index in [4.69, 9.17) is 4.74 Å². The maximum absolute atomic E-state index is 12.1. The van der Waals surface area contributed by atoms with Gasteiger partial charge in [0.15, 0.2) is 0 Å². The first-order valence-corrected chi connectivity index (χ1v) is 7.98. The molecule has 120 valence electrons. The molecule has 1 saturated carbocycles. The Kier molecular flexibility index (Phi) is 3.68. The van der Waals surface area contributed by atoms with Crippen LogP contribution in [0.2, 0.25) is 0 Å². The lowest BCUT2D eigenvalue weighted by Gasteiger charge is -2.49. The Balaban J connectivity index is 2.12. The lowest BCUT2D eigenvalue weighted by molar-refractivity contribution is -0.157. The highest BCUT2D eigenvalue weighted by molar-refractivity contribution is 5.77. The van der Waals surface area contributed by atoms with Crippen LogP contribution >= 0.6 is 0 Å². The van der Waals surface area contributed by atoms with Crippen molar-refractivity contribution in [1.82, 2.24) is 0 Å². The Morgan fingerprint density at radius 3 is 2.77 bits per heavy atom. The molecule has 0 aromatic heterocycles. The van der Waals surface area contributed by atoms with Gasteiger partial charge in [-0.1, -0.05) is 13.0 Å². The zero-order valence-electron chi connectivity index (χ0n) is 13.4. The fraction of sp³-hybridized carbons (Fsp3) is 0.611. The zero-order chi connectivity index (χ0) is 16.1. The Hall–Kier alpha value is -1.55. The smallest absolute Gasteiger partial charge is 0.310 e. The van der Waals surface area contributed by atoms with Crippen molar-refractivity contribution >= 4 is 5.97 Å². The van der Waals surface area contributed by atoms with Crippen LogP contribution in [0.5, 0.6) is 5.75 Å². The monoisotopic (exact) mass is 304 g/mol.